The first-order chi connectivity index (χ1) is 13.4. The van der Waals surface area contributed by atoms with Gasteiger partial charge in [0, 0.05) is 24.9 Å². The molecule has 0 atom stereocenters. The summed E-state index contributed by atoms with van der Waals surface area (Å²) >= 11 is 0. The molecule has 3 rings (SSSR count). The fraction of sp³-hybridized carbons (Fsp3) is 0.476. The van der Waals surface area contributed by atoms with Crippen LogP contribution in [0.1, 0.15) is 31.2 Å². The van der Waals surface area contributed by atoms with Gasteiger partial charge < -0.3 is 19.9 Å². The largest absolute Gasteiger partial charge is 0.469 e. The number of carbonyl (C=O) groups is 1. The summed E-state index contributed by atoms with van der Waals surface area (Å²) in [5, 5.41) is 1.01. The van der Waals surface area contributed by atoms with Crippen LogP contribution >= 0.6 is 0 Å². The van der Waals surface area contributed by atoms with E-state index in [1.165, 1.54) is 7.11 Å². The lowest BCUT2D eigenvalue weighted by atomic mass is 10.1. The number of benzene rings is 1. The fourth-order valence-corrected chi connectivity index (χ4v) is 3.42. The molecule has 0 aliphatic heterocycles. The monoisotopic (exact) mass is 383 g/mol. The lowest BCUT2D eigenvalue weighted by molar-refractivity contribution is -0.139. The number of hydrogen-bond donors (Lipinski definition) is 1. The number of unbranched alkanes of at least 4 members (excludes halogenated alkanes) is 1. The van der Waals surface area contributed by atoms with Crippen LogP contribution in [-0.2, 0) is 28.9 Å². The average molecular weight is 383 g/mol. The molecule has 0 saturated carbocycles. The number of likely N-dealkylation sites (N-methyl/N-ethyl adjacent to an activating group) is 1. The number of carbonyl (C=O) groups excluding carboxylic acids is 1. The van der Waals surface area contributed by atoms with Gasteiger partial charge in [0.2, 0.25) is 0 Å². The minimum absolute atomic E-state index is 0.216. The van der Waals surface area contributed by atoms with Gasteiger partial charge in [-0.15, -0.1) is 0 Å². The maximum atomic E-state index is 11.6. The standard InChI is InChI=1S/C21H29N5O2/c1-5-6-7-17-24-19-20(26(17)11-10-25(2)3)15-9-8-14(13-18(27)28-4)12-16(15)23-21(19)22/h8-9,12H,5-7,10-11,13H2,1-4H3,(H2,22,23). The first-order valence-electron chi connectivity index (χ1n) is 9.73. The Hall–Kier alpha value is -2.67. The number of nitrogen functional groups attached to an aromatic ring is 1. The zero-order valence-electron chi connectivity index (χ0n) is 17.2. The third-order valence-corrected chi connectivity index (χ3v) is 4.95. The highest BCUT2D eigenvalue weighted by molar-refractivity contribution is 6.06. The highest BCUT2D eigenvalue weighted by Crippen LogP contribution is 2.30. The Morgan fingerprint density at radius 2 is 2.07 bits per heavy atom. The van der Waals surface area contributed by atoms with Crippen LogP contribution in [0.25, 0.3) is 21.9 Å². The summed E-state index contributed by atoms with van der Waals surface area (Å²) in [4.78, 5) is 23.2. The second kappa shape index (κ2) is 8.56. The van der Waals surface area contributed by atoms with E-state index in [1.54, 1.807) is 0 Å². The summed E-state index contributed by atoms with van der Waals surface area (Å²) in [7, 11) is 5.53. The molecule has 0 spiro atoms. The van der Waals surface area contributed by atoms with Crippen molar-refractivity contribution in [3.8, 4) is 0 Å². The van der Waals surface area contributed by atoms with Crippen LogP contribution in [0.15, 0.2) is 18.2 Å². The third-order valence-electron chi connectivity index (χ3n) is 4.95. The Bertz CT molecular complexity index is 994. The number of nitrogens with two attached hydrogens (primary N) is 1. The van der Waals surface area contributed by atoms with E-state index >= 15 is 0 Å². The van der Waals surface area contributed by atoms with E-state index in [2.05, 4.69) is 35.5 Å². The number of fused-ring (bicyclic) bond motifs is 3. The summed E-state index contributed by atoms with van der Waals surface area (Å²) in [6.07, 6.45) is 3.33. The molecular weight excluding hydrogens is 354 g/mol. The predicted octanol–water partition coefficient (Wildman–Crippen LogP) is 2.79. The fourth-order valence-electron chi connectivity index (χ4n) is 3.42. The highest BCUT2D eigenvalue weighted by Gasteiger charge is 2.18. The van der Waals surface area contributed by atoms with Crippen LogP contribution < -0.4 is 5.73 Å². The second-order valence-electron chi connectivity index (χ2n) is 7.39. The molecule has 150 valence electrons. The van der Waals surface area contributed by atoms with E-state index in [-0.39, 0.29) is 12.4 Å². The van der Waals surface area contributed by atoms with Gasteiger partial charge in [-0.25, -0.2) is 9.97 Å². The molecule has 0 aliphatic rings. The van der Waals surface area contributed by atoms with E-state index in [0.29, 0.717) is 5.82 Å². The molecule has 1 aromatic carbocycles. The number of esters is 1. The van der Waals surface area contributed by atoms with Crippen molar-refractivity contribution in [3.05, 3.63) is 29.6 Å². The van der Waals surface area contributed by atoms with Crippen molar-refractivity contribution in [1.82, 2.24) is 19.4 Å². The molecule has 0 saturated heterocycles. The predicted molar refractivity (Wildman–Crippen MR) is 112 cm³/mol. The van der Waals surface area contributed by atoms with E-state index in [0.717, 1.165) is 65.7 Å². The second-order valence-corrected chi connectivity index (χ2v) is 7.39. The van der Waals surface area contributed by atoms with Crippen LogP contribution in [0.3, 0.4) is 0 Å². The number of nitrogens with zero attached hydrogens (tertiary/aromatic N) is 4. The molecule has 7 nitrogen and oxygen atoms in total. The first-order valence-corrected chi connectivity index (χ1v) is 9.73. The van der Waals surface area contributed by atoms with Crippen LogP contribution in [0.5, 0.6) is 0 Å². The van der Waals surface area contributed by atoms with Crippen LogP contribution in [0.4, 0.5) is 5.82 Å². The van der Waals surface area contributed by atoms with Crippen molar-refractivity contribution in [2.24, 2.45) is 0 Å². The molecule has 0 aliphatic carbocycles. The van der Waals surface area contributed by atoms with Crippen molar-refractivity contribution < 1.29 is 9.53 Å². The number of hydrogen-bond acceptors (Lipinski definition) is 6. The molecule has 0 bridgehead atoms. The lowest BCUT2D eigenvalue weighted by Crippen LogP contribution is -2.19. The Morgan fingerprint density at radius 3 is 2.75 bits per heavy atom. The molecule has 3 aromatic rings. The number of aromatic nitrogens is 3. The van der Waals surface area contributed by atoms with Gasteiger partial charge in [-0.1, -0.05) is 25.5 Å². The van der Waals surface area contributed by atoms with Crippen LogP contribution in [-0.4, -0.2) is 53.2 Å². The normalized spacial score (nSPS) is 11.6. The number of ether oxygens (including phenoxy) is 1. The maximum absolute atomic E-state index is 11.6. The van der Waals surface area contributed by atoms with Crippen molar-refractivity contribution in [1.29, 1.82) is 0 Å². The van der Waals surface area contributed by atoms with Gasteiger partial charge >= 0.3 is 5.97 Å². The molecule has 0 fully saturated rings. The molecule has 2 aromatic heterocycles. The quantitative estimate of drug-likeness (QED) is 0.602. The Kier molecular flexibility index (Phi) is 6.14. The molecule has 0 radical (unpaired) electrons. The number of imidazole rings is 1. The van der Waals surface area contributed by atoms with E-state index in [4.69, 9.17) is 15.5 Å². The first kappa shape index (κ1) is 20.1. The zero-order chi connectivity index (χ0) is 20.3. The minimum atomic E-state index is -0.272. The molecular formula is C21H29N5O2. The van der Waals surface area contributed by atoms with Crippen molar-refractivity contribution in [2.45, 2.75) is 39.2 Å². The van der Waals surface area contributed by atoms with Gasteiger partial charge in [0.05, 0.1) is 24.6 Å². The number of methoxy groups -OCH3 is 1. The summed E-state index contributed by atoms with van der Waals surface area (Å²) in [5.74, 6) is 1.21. The van der Waals surface area contributed by atoms with Gasteiger partial charge in [-0.05, 0) is 32.1 Å². The van der Waals surface area contributed by atoms with Gasteiger partial charge in [-0.2, -0.15) is 0 Å². The third kappa shape index (κ3) is 4.09. The summed E-state index contributed by atoms with van der Waals surface area (Å²) in [5.41, 5.74) is 9.70. The topological polar surface area (TPSA) is 86.3 Å². The summed E-state index contributed by atoms with van der Waals surface area (Å²) in [6, 6.07) is 5.88. The van der Waals surface area contributed by atoms with Crippen molar-refractivity contribution >= 4 is 33.7 Å². The average Bonchev–Trinajstić information content (AvgIpc) is 3.03. The van der Waals surface area contributed by atoms with Crippen molar-refractivity contribution in [3.63, 3.8) is 0 Å². The number of anilines is 1. The van der Waals surface area contributed by atoms with Gasteiger partial charge in [-0.3, -0.25) is 4.79 Å². The highest BCUT2D eigenvalue weighted by atomic mass is 16.5. The van der Waals surface area contributed by atoms with E-state index in [1.807, 2.05) is 18.2 Å². The number of rotatable bonds is 8. The minimum Gasteiger partial charge on any atom is -0.469 e. The van der Waals surface area contributed by atoms with E-state index in [9.17, 15) is 4.79 Å². The number of pyridine rings is 1. The zero-order valence-corrected chi connectivity index (χ0v) is 17.2. The van der Waals surface area contributed by atoms with Gasteiger partial charge in [0.15, 0.2) is 5.82 Å². The molecule has 7 heteroatoms. The van der Waals surface area contributed by atoms with Crippen LogP contribution in [0.2, 0.25) is 0 Å². The molecule has 0 unspecified atom stereocenters. The smallest absolute Gasteiger partial charge is 0.309 e. The van der Waals surface area contributed by atoms with Gasteiger partial charge in [0.1, 0.15) is 11.3 Å². The Labute approximate surface area is 165 Å². The van der Waals surface area contributed by atoms with Crippen LogP contribution in [0, 0.1) is 0 Å². The molecule has 2 N–H and O–H groups in total. The Balaban J connectivity index is 2.17. The van der Waals surface area contributed by atoms with Crippen molar-refractivity contribution in [2.75, 3.05) is 33.5 Å². The molecule has 2 heterocycles. The summed E-state index contributed by atoms with van der Waals surface area (Å²) in [6.45, 7) is 3.93. The summed E-state index contributed by atoms with van der Waals surface area (Å²) < 4.78 is 7.05. The maximum Gasteiger partial charge on any atom is 0.309 e. The SMILES string of the molecule is CCCCc1nc2c(N)nc3cc(CC(=O)OC)ccc3c2n1CCN(C)C. The van der Waals surface area contributed by atoms with Gasteiger partial charge in [0.25, 0.3) is 0 Å². The van der Waals surface area contributed by atoms with E-state index < -0.39 is 0 Å². The Morgan fingerprint density at radius 1 is 1.29 bits per heavy atom. The lowest BCUT2D eigenvalue weighted by Gasteiger charge is -2.14. The molecule has 28 heavy (non-hydrogen) atoms. The molecule has 0 amide bonds. The number of aryl methyl sites for hydroxylation is 1.